The third-order valence-electron chi connectivity index (χ3n) is 5.65. The Kier molecular flexibility index (Phi) is 5.51. The van der Waals surface area contributed by atoms with E-state index < -0.39 is 0 Å². The summed E-state index contributed by atoms with van der Waals surface area (Å²) < 4.78 is 7.87. The molecule has 0 aliphatic heterocycles. The molecule has 0 saturated heterocycles. The highest BCUT2D eigenvalue weighted by molar-refractivity contribution is 6.06. The molecule has 0 bridgehead atoms. The van der Waals surface area contributed by atoms with Gasteiger partial charge in [-0.25, -0.2) is 9.97 Å². The highest BCUT2D eigenvalue weighted by atomic mass is 16.5. The van der Waals surface area contributed by atoms with Crippen LogP contribution in [-0.2, 0) is 0 Å². The number of aryl methyl sites for hydroxylation is 2. The Labute approximate surface area is 197 Å². The molecular weight excluding hydrogens is 426 g/mol. The summed E-state index contributed by atoms with van der Waals surface area (Å²) in [7, 11) is 0. The molecule has 5 aromatic rings. The predicted octanol–water partition coefficient (Wildman–Crippen LogP) is 5.79. The molecule has 0 radical (unpaired) electrons. The molecule has 168 valence electrons. The maximum atomic E-state index is 12.7. The first-order valence-electron chi connectivity index (χ1n) is 10.9. The second-order valence-electron chi connectivity index (χ2n) is 8.04. The number of carbonyl (C=O) groups is 1. The number of imidazole rings is 1. The van der Waals surface area contributed by atoms with Crippen LogP contribution in [0.5, 0.6) is 11.6 Å². The van der Waals surface area contributed by atoms with Crippen molar-refractivity contribution in [1.82, 2.24) is 19.5 Å². The Morgan fingerprint density at radius 3 is 2.38 bits per heavy atom. The van der Waals surface area contributed by atoms with E-state index in [1.165, 1.54) is 0 Å². The van der Waals surface area contributed by atoms with Crippen molar-refractivity contribution in [2.24, 2.45) is 0 Å². The van der Waals surface area contributed by atoms with Gasteiger partial charge in [-0.3, -0.25) is 9.36 Å². The first-order valence-corrected chi connectivity index (χ1v) is 10.9. The number of hydrogen-bond acceptors (Lipinski definition) is 5. The Balaban J connectivity index is 1.30. The van der Waals surface area contributed by atoms with Gasteiger partial charge >= 0.3 is 0 Å². The summed E-state index contributed by atoms with van der Waals surface area (Å²) in [6.07, 6.45) is 1.74. The summed E-state index contributed by atoms with van der Waals surface area (Å²) in [5, 5.41) is 5.06. The molecule has 7 heteroatoms. The van der Waals surface area contributed by atoms with Gasteiger partial charge in [-0.1, -0.05) is 30.3 Å². The van der Waals surface area contributed by atoms with Gasteiger partial charge in [0.25, 0.3) is 5.91 Å². The average molecular weight is 450 g/mol. The van der Waals surface area contributed by atoms with Crippen molar-refractivity contribution in [3.8, 4) is 17.4 Å². The van der Waals surface area contributed by atoms with Crippen molar-refractivity contribution in [1.29, 1.82) is 0 Å². The number of benzene rings is 3. The van der Waals surface area contributed by atoms with Crippen LogP contribution in [0.3, 0.4) is 0 Å². The van der Waals surface area contributed by atoms with E-state index in [0.717, 1.165) is 22.2 Å². The third kappa shape index (κ3) is 4.36. The summed E-state index contributed by atoms with van der Waals surface area (Å²) in [5.41, 5.74) is 3.23. The van der Waals surface area contributed by atoms with Gasteiger partial charge in [0.1, 0.15) is 23.7 Å². The molecule has 0 atom stereocenters. The van der Waals surface area contributed by atoms with E-state index in [-0.39, 0.29) is 5.91 Å². The van der Waals surface area contributed by atoms with Gasteiger partial charge in [-0.05, 0) is 67.9 Å². The first kappa shape index (κ1) is 21.3. The molecule has 2 heterocycles. The van der Waals surface area contributed by atoms with E-state index in [1.807, 2.05) is 67.8 Å². The maximum Gasteiger partial charge on any atom is 0.255 e. The van der Waals surface area contributed by atoms with Crippen LogP contribution in [0.25, 0.3) is 16.6 Å². The second-order valence-corrected chi connectivity index (χ2v) is 8.04. The summed E-state index contributed by atoms with van der Waals surface area (Å²) in [6, 6.07) is 22.6. The van der Waals surface area contributed by atoms with Gasteiger partial charge in [0.15, 0.2) is 0 Å². The van der Waals surface area contributed by atoms with Crippen LogP contribution >= 0.6 is 0 Å². The lowest BCUT2D eigenvalue weighted by Gasteiger charge is -2.10. The molecule has 7 nitrogen and oxygen atoms in total. The van der Waals surface area contributed by atoms with Crippen LogP contribution in [0, 0.1) is 20.8 Å². The number of ether oxygens (including phenoxy) is 1. The Bertz CT molecular complexity index is 1510. The number of hydrogen-bond donors (Lipinski definition) is 1. The van der Waals surface area contributed by atoms with Crippen molar-refractivity contribution in [3.05, 3.63) is 102 Å². The Hall–Kier alpha value is -4.52. The zero-order chi connectivity index (χ0) is 23.7. The van der Waals surface area contributed by atoms with Crippen LogP contribution in [0.1, 0.15) is 27.6 Å². The number of nitrogens with one attached hydrogen (secondary N) is 1. The SMILES string of the molecule is Cc1nc(Oc2ccc(NC(=O)c3ccc4ccccc4c3)cc2)cc(-n2cnc(C)c2C)n1. The van der Waals surface area contributed by atoms with Crippen molar-refractivity contribution in [2.75, 3.05) is 5.32 Å². The van der Waals surface area contributed by atoms with E-state index in [9.17, 15) is 4.79 Å². The number of amides is 1. The first-order chi connectivity index (χ1) is 16.5. The van der Waals surface area contributed by atoms with Gasteiger partial charge in [0, 0.05) is 23.0 Å². The van der Waals surface area contributed by atoms with Gasteiger partial charge in [0.2, 0.25) is 5.88 Å². The fraction of sp³-hybridized carbons (Fsp3) is 0.111. The molecule has 0 unspecified atom stereocenters. The second kappa shape index (κ2) is 8.78. The van der Waals surface area contributed by atoms with Crippen LogP contribution in [0.15, 0.2) is 79.1 Å². The molecule has 3 aromatic carbocycles. The molecule has 0 saturated carbocycles. The summed E-state index contributed by atoms with van der Waals surface area (Å²) in [4.78, 5) is 25.9. The zero-order valence-corrected chi connectivity index (χ0v) is 19.1. The fourth-order valence-electron chi connectivity index (χ4n) is 3.69. The van der Waals surface area contributed by atoms with E-state index in [4.69, 9.17) is 4.74 Å². The highest BCUT2D eigenvalue weighted by Gasteiger charge is 2.11. The van der Waals surface area contributed by atoms with Gasteiger partial charge in [0.05, 0.1) is 5.69 Å². The average Bonchev–Trinajstić information content (AvgIpc) is 3.17. The maximum absolute atomic E-state index is 12.7. The summed E-state index contributed by atoms with van der Waals surface area (Å²) >= 11 is 0. The highest BCUT2D eigenvalue weighted by Crippen LogP contribution is 2.24. The molecule has 1 N–H and O–H groups in total. The number of aromatic nitrogens is 4. The van der Waals surface area contributed by atoms with Crippen molar-refractivity contribution >= 4 is 22.4 Å². The number of fused-ring (bicyclic) bond motifs is 1. The Morgan fingerprint density at radius 2 is 1.65 bits per heavy atom. The number of rotatable bonds is 5. The lowest BCUT2D eigenvalue weighted by molar-refractivity contribution is 0.102. The van der Waals surface area contributed by atoms with Crippen molar-refractivity contribution in [3.63, 3.8) is 0 Å². The lowest BCUT2D eigenvalue weighted by atomic mass is 10.1. The third-order valence-corrected chi connectivity index (χ3v) is 5.65. The smallest absolute Gasteiger partial charge is 0.255 e. The standard InChI is InChI=1S/C27H23N5O2/c1-17-18(2)32(16-28-17)25-15-26(30-19(3)29-25)34-24-12-10-23(11-13-24)31-27(33)22-9-8-20-6-4-5-7-21(20)14-22/h4-16H,1-3H3,(H,31,33). The molecule has 5 rings (SSSR count). The number of carbonyl (C=O) groups excluding carboxylic acids is 1. The Morgan fingerprint density at radius 1 is 0.882 bits per heavy atom. The van der Waals surface area contributed by atoms with E-state index >= 15 is 0 Å². The molecule has 1 amide bonds. The molecule has 0 aliphatic carbocycles. The minimum Gasteiger partial charge on any atom is -0.439 e. The molecular formula is C27H23N5O2. The van der Waals surface area contributed by atoms with Gasteiger partial charge in [-0.2, -0.15) is 4.98 Å². The fourth-order valence-corrected chi connectivity index (χ4v) is 3.69. The molecule has 0 spiro atoms. The molecule has 2 aromatic heterocycles. The number of nitrogens with zero attached hydrogens (tertiary/aromatic N) is 4. The van der Waals surface area contributed by atoms with Crippen LogP contribution < -0.4 is 10.1 Å². The van der Waals surface area contributed by atoms with Gasteiger partial charge in [-0.15, -0.1) is 0 Å². The largest absolute Gasteiger partial charge is 0.439 e. The predicted molar refractivity (Wildman–Crippen MR) is 132 cm³/mol. The topological polar surface area (TPSA) is 81.9 Å². The van der Waals surface area contributed by atoms with E-state index in [2.05, 4.69) is 20.3 Å². The van der Waals surface area contributed by atoms with E-state index in [1.54, 1.807) is 36.7 Å². The monoisotopic (exact) mass is 449 g/mol. The molecule has 0 aliphatic rings. The van der Waals surface area contributed by atoms with Crippen LogP contribution in [0.2, 0.25) is 0 Å². The quantitative estimate of drug-likeness (QED) is 0.367. The number of anilines is 1. The van der Waals surface area contributed by atoms with Crippen LogP contribution in [0.4, 0.5) is 5.69 Å². The zero-order valence-electron chi connectivity index (χ0n) is 19.1. The van der Waals surface area contributed by atoms with Crippen molar-refractivity contribution in [2.45, 2.75) is 20.8 Å². The molecule has 34 heavy (non-hydrogen) atoms. The molecule has 0 fully saturated rings. The van der Waals surface area contributed by atoms with Crippen molar-refractivity contribution < 1.29 is 9.53 Å². The van der Waals surface area contributed by atoms with Gasteiger partial charge < -0.3 is 10.1 Å². The summed E-state index contributed by atoms with van der Waals surface area (Å²) in [6.45, 7) is 5.77. The minimum atomic E-state index is -0.165. The normalized spacial score (nSPS) is 10.9. The summed E-state index contributed by atoms with van der Waals surface area (Å²) in [5.74, 6) is 2.16. The van der Waals surface area contributed by atoms with E-state index in [0.29, 0.717) is 34.5 Å². The minimum absolute atomic E-state index is 0.165. The van der Waals surface area contributed by atoms with Crippen LogP contribution in [-0.4, -0.2) is 25.4 Å². The lowest BCUT2D eigenvalue weighted by Crippen LogP contribution is -2.11.